The van der Waals surface area contributed by atoms with Crippen LogP contribution in [0.1, 0.15) is 31.4 Å². The number of alkyl halides is 4. The van der Waals surface area contributed by atoms with Crippen molar-refractivity contribution in [3.8, 4) is 0 Å². The van der Waals surface area contributed by atoms with Crippen molar-refractivity contribution in [2.45, 2.75) is 37.9 Å². The molecule has 7 heteroatoms. The van der Waals surface area contributed by atoms with E-state index in [4.69, 9.17) is 0 Å². The van der Waals surface area contributed by atoms with E-state index in [1.807, 2.05) is 4.90 Å². The average Bonchev–Trinajstić information content (AvgIpc) is 2.62. The van der Waals surface area contributed by atoms with Crippen LogP contribution in [0.25, 0.3) is 0 Å². The van der Waals surface area contributed by atoms with Crippen molar-refractivity contribution in [2.75, 3.05) is 16.8 Å². The van der Waals surface area contributed by atoms with Gasteiger partial charge in [0.05, 0.1) is 0 Å². The Morgan fingerprint density at radius 3 is 2.79 bits per heavy atom. The highest BCUT2D eigenvalue weighted by Crippen LogP contribution is 2.29. The van der Waals surface area contributed by atoms with Gasteiger partial charge in [0, 0.05) is 24.1 Å². The van der Waals surface area contributed by atoms with E-state index in [0.717, 1.165) is 31.7 Å². The van der Waals surface area contributed by atoms with Gasteiger partial charge in [0.1, 0.15) is 5.69 Å². The number of rotatable bonds is 2. The van der Waals surface area contributed by atoms with Crippen LogP contribution in [0.3, 0.4) is 0 Å². The highest BCUT2D eigenvalue weighted by atomic mass is 79.9. The molecule has 1 saturated heterocycles. The van der Waals surface area contributed by atoms with E-state index in [1.165, 1.54) is 6.20 Å². The predicted octanol–water partition coefficient (Wildman–Crippen LogP) is 3.64. The normalized spacial score (nSPS) is 21.3. The van der Waals surface area contributed by atoms with Gasteiger partial charge in [-0.25, -0.2) is 9.97 Å². The highest BCUT2D eigenvalue weighted by molar-refractivity contribution is 9.09. The summed E-state index contributed by atoms with van der Waals surface area (Å²) in [6.45, 7) is 0.706. The second-order valence-corrected chi connectivity index (χ2v) is 5.24. The zero-order chi connectivity index (χ0) is 13.9. The van der Waals surface area contributed by atoms with Gasteiger partial charge in [-0.1, -0.05) is 28.8 Å². The number of anilines is 1. The molecule has 3 nitrogen and oxygen atoms in total. The Bertz CT molecular complexity index is 425. The molecule has 0 aromatic carbocycles. The second-order valence-electron chi connectivity index (χ2n) is 4.59. The van der Waals surface area contributed by atoms with Crippen LogP contribution in [-0.4, -0.2) is 27.9 Å². The van der Waals surface area contributed by atoms with E-state index >= 15 is 0 Å². The number of nitrogens with zero attached hydrogens (tertiary/aromatic N) is 3. The average molecular weight is 338 g/mol. The van der Waals surface area contributed by atoms with Crippen molar-refractivity contribution < 1.29 is 13.2 Å². The largest absolute Gasteiger partial charge is 0.433 e. The maximum absolute atomic E-state index is 12.7. The molecule has 0 spiro atoms. The van der Waals surface area contributed by atoms with E-state index in [9.17, 15) is 13.2 Å². The fourth-order valence-electron chi connectivity index (χ4n) is 2.25. The molecule has 19 heavy (non-hydrogen) atoms. The lowest BCUT2D eigenvalue weighted by molar-refractivity contribution is -0.141. The van der Waals surface area contributed by atoms with E-state index < -0.39 is 11.9 Å². The lowest BCUT2D eigenvalue weighted by Gasteiger charge is -2.28. The van der Waals surface area contributed by atoms with Gasteiger partial charge in [0.25, 0.3) is 0 Å². The minimum Gasteiger partial charge on any atom is -0.337 e. The van der Waals surface area contributed by atoms with Crippen LogP contribution in [0, 0.1) is 0 Å². The number of halogens is 4. The zero-order valence-corrected chi connectivity index (χ0v) is 11.9. The molecule has 1 unspecified atom stereocenters. The topological polar surface area (TPSA) is 29.0 Å². The molecular weight excluding hydrogens is 323 g/mol. The Morgan fingerprint density at radius 2 is 2.11 bits per heavy atom. The smallest absolute Gasteiger partial charge is 0.337 e. The quantitative estimate of drug-likeness (QED) is 0.771. The van der Waals surface area contributed by atoms with Crippen LogP contribution >= 0.6 is 15.9 Å². The number of hydrogen-bond acceptors (Lipinski definition) is 3. The Hall–Kier alpha value is -0.850. The lowest BCUT2D eigenvalue weighted by atomic mass is 10.1. The first-order valence-electron chi connectivity index (χ1n) is 6.25. The molecule has 0 radical (unpaired) electrons. The van der Waals surface area contributed by atoms with Gasteiger partial charge in [-0.2, -0.15) is 13.2 Å². The first kappa shape index (κ1) is 14.6. The predicted molar refractivity (Wildman–Crippen MR) is 70.4 cm³/mol. The molecule has 1 aromatic rings. The third kappa shape index (κ3) is 3.58. The van der Waals surface area contributed by atoms with E-state index in [1.54, 1.807) is 0 Å². The summed E-state index contributed by atoms with van der Waals surface area (Å²) in [5.41, 5.74) is -0.880. The van der Waals surface area contributed by atoms with Gasteiger partial charge in [-0.05, 0) is 18.9 Å². The van der Waals surface area contributed by atoms with E-state index in [-0.39, 0.29) is 12.0 Å². The standard InChI is InChI=1S/C12H15BrF3N3/c13-8-9-4-2-1-3-7-19(9)11-17-6-5-10(18-11)12(14,15)16/h5-6,9H,1-4,7-8H2. The second kappa shape index (κ2) is 6.07. The van der Waals surface area contributed by atoms with Crippen LogP contribution in [0.5, 0.6) is 0 Å². The molecule has 0 saturated carbocycles. The molecule has 1 aromatic heterocycles. The fraction of sp³-hybridized carbons (Fsp3) is 0.667. The van der Waals surface area contributed by atoms with Gasteiger partial charge in [0.2, 0.25) is 5.95 Å². The molecule has 106 valence electrons. The summed E-state index contributed by atoms with van der Waals surface area (Å²) in [6, 6.07) is 1.07. The van der Waals surface area contributed by atoms with Crippen molar-refractivity contribution in [3.63, 3.8) is 0 Å². The molecule has 1 aliphatic rings. The fourth-order valence-corrected chi connectivity index (χ4v) is 2.92. The molecule has 1 fully saturated rings. The molecule has 1 atom stereocenters. The number of aromatic nitrogens is 2. The summed E-state index contributed by atoms with van der Waals surface area (Å²) in [5.74, 6) is 0.182. The molecule has 2 rings (SSSR count). The van der Waals surface area contributed by atoms with Crippen LogP contribution in [0.4, 0.5) is 19.1 Å². The van der Waals surface area contributed by atoms with Gasteiger partial charge in [-0.15, -0.1) is 0 Å². The molecule has 1 aliphatic heterocycles. The first-order chi connectivity index (χ1) is 9.02. The zero-order valence-electron chi connectivity index (χ0n) is 10.3. The SMILES string of the molecule is FC(F)(F)c1ccnc(N2CCCCCC2CBr)n1. The summed E-state index contributed by atoms with van der Waals surface area (Å²) in [4.78, 5) is 9.57. The van der Waals surface area contributed by atoms with Gasteiger partial charge < -0.3 is 4.90 Å². The minimum absolute atomic E-state index is 0.158. The first-order valence-corrected chi connectivity index (χ1v) is 7.37. The summed E-state index contributed by atoms with van der Waals surface area (Å²) in [5, 5.41) is 0.715. The number of hydrogen-bond donors (Lipinski definition) is 0. The van der Waals surface area contributed by atoms with Crippen LogP contribution in [-0.2, 0) is 6.18 Å². The molecule has 0 aliphatic carbocycles. The van der Waals surface area contributed by atoms with Crippen LogP contribution in [0.15, 0.2) is 12.3 Å². The summed E-state index contributed by atoms with van der Waals surface area (Å²) in [7, 11) is 0. The van der Waals surface area contributed by atoms with Gasteiger partial charge >= 0.3 is 6.18 Å². The molecule has 0 amide bonds. The third-order valence-corrected chi connectivity index (χ3v) is 3.99. The van der Waals surface area contributed by atoms with Crippen molar-refractivity contribution >= 4 is 21.9 Å². The van der Waals surface area contributed by atoms with Gasteiger partial charge in [0.15, 0.2) is 0 Å². The van der Waals surface area contributed by atoms with Gasteiger partial charge in [-0.3, -0.25) is 0 Å². The highest BCUT2D eigenvalue weighted by Gasteiger charge is 2.34. The molecule has 0 bridgehead atoms. The summed E-state index contributed by atoms with van der Waals surface area (Å²) >= 11 is 3.42. The van der Waals surface area contributed by atoms with Crippen LogP contribution < -0.4 is 4.90 Å². The molecule has 2 heterocycles. The summed E-state index contributed by atoms with van der Waals surface area (Å²) < 4.78 is 38.0. The monoisotopic (exact) mass is 337 g/mol. The lowest BCUT2D eigenvalue weighted by Crippen LogP contribution is -2.37. The Morgan fingerprint density at radius 1 is 1.32 bits per heavy atom. The van der Waals surface area contributed by atoms with Crippen molar-refractivity contribution in [3.05, 3.63) is 18.0 Å². The Kier molecular flexibility index (Phi) is 4.65. The summed E-state index contributed by atoms with van der Waals surface area (Å²) in [6.07, 6.45) is 0.855. The van der Waals surface area contributed by atoms with Crippen molar-refractivity contribution in [1.29, 1.82) is 0 Å². The van der Waals surface area contributed by atoms with E-state index in [0.29, 0.717) is 11.9 Å². The van der Waals surface area contributed by atoms with Crippen LogP contribution in [0.2, 0.25) is 0 Å². The minimum atomic E-state index is -4.42. The maximum Gasteiger partial charge on any atom is 0.433 e. The maximum atomic E-state index is 12.7. The van der Waals surface area contributed by atoms with E-state index in [2.05, 4.69) is 25.9 Å². The molecule has 0 N–H and O–H groups in total. The Labute approximate surface area is 118 Å². The third-order valence-electron chi connectivity index (χ3n) is 3.25. The van der Waals surface area contributed by atoms with Crippen molar-refractivity contribution in [1.82, 2.24) is 9.97 Å². The molecular formula is C12H15BrF3N3. The van der Waals surface area contributed by atoms with Crippen molar-refractivity contribution in [2.24, 2.45) is 0 Å². The Balaban J connectivity index is 2.28.